The van der Waals surface area contributed by atoms with Crippen LogP contribution in [0.4, 0.5) is 0 Å². The molecule has 0 fully saturated rings. The summed E-state index contributed by atoms with van der Waals surface area (Å²) in [5.74, 6) is 0.383. The Morgan fingerprint density at radius 3 is 2.41 bits per heavy atom. The average molecular weight is 304 g/mol. The second kappa shape index (κ2) is 6.82. The van der Waals surface area contributed by atoms with Gasteiger partial charge < -0.3 is 24.8 Å². The molecule has 6 heteroatoms. The zero-order chi connectivity index (χ0) is 16.1. The third-order valence-electron chi connectivity index (χ3n) is 3.04. The van der Waals surface area contributed by atoms with Gasteiger partial charge in [-0.05, 0) is 24.3 Å². The van der Waals surface area contributed by atoms with Crippen molar-refractivity contribution < 1.29 is 29.6 Å². The number of phenolic OH excluding ortho intramolecular Hbond substituents is 2. The van der Waals surface area contributed by atoms with E-state index in [0.717, 1.165) is 0 Å². The second-order valence-corrected chi connectivity index (χ2v) is 4.51. The van der Waals surface area contributed by atoms with E-state index in [2.05, 4.69) is 0 Å². The van der Waals surface area contributed by atoms with Crippen LogP contribution in [0.1, 0.15) is 10.4 Å². The Bertz CT molecular complexity index is 667. The fourth-order valence-corrected chi connectivity index (χ4v) is 1.93. The number of rotatable bonds is 1. The number of aliphatic hydroxyl groups excluding tert-OH is 1. The van der Waals surface area contributed by atoms with E-state index in [0.29, 0.717) is 11.5 Å². The Hall–Kier alpha value is -2.73. The maximum Gasteiger partial charge on any atom is 0.202 e. The molecule has 2 aromatic carbocycles. The van der Waals surface area contributed by atoms with Gasteiger partial charge in [0.2, 0.25) is 5.78 Å². The lowest BCUT2D eigenvalue weighted by atomic mass is 10.0. The number of methoxy groups -OCH3 is 1. The van der Waals surface area contributed by atoms with Crippen LogP contribution in [0.25, 0.3) is 0 Å². The Morgan fingerprint density at radius 2 is 1.77 bits per heavy atom. The number of para-hydroxylation sites is 2. The predicted molar refractivity (Wildman–Crippen MR) is 78.6 cm³/mol. The van der Waals surface area contributed by atoms with Crippen LogP contribution in [-0.2, 0) is 0 Å². The average Bonchev–Trinajstić information content (AvgIpc) is 2.52. The molecule has 2 aromatic rings. The first kappa shape index (κ1) is 15.7. The zero-order valence-electron chi connectivity index (χ0n) is 11.9. The highest BCUT2D eigenvalue weighted by molar-refractivity contribution is 6.04. The van der Waals surface area contributed by atoms with Crippen LogP contribution in [0, 0.1) is 0 Å². The minimum Gasteiger partial charge on any atom is -0.507 e. The lowest BCUT2D eigenvalue weighted by Gasteiger charge is -2.20. The maximum absolute atomic E-state index is 11.3. The standard InChI is InChI=1S/C9H8O4.C7H8O2/c10-5-2-1-3-7-8(5)9(12)6(11)4-13-7;1-9-7-5-3-2-4-6(7)8/h1-3,6,10-11H,4H2;2-5,8H,1H3. The molecular weight excluding hydrogens is 288 g/mol. The van der Waals surface area contributed by atoms with Gasteiger partial charge in [0.1, 0.15) is 23.7 Å². The van der Waals surface area contributed by atoms with E-state index in [-0.39, 0.29) is 23.7 Å². The van der Waals surface area contributed by atoms with Gasteiger partial charge in [-0.25, -0.2) is 0 Å². The minimum atomic E-state index is -1.17. The van der Waals surface area contributed by atoms with Crippen LogP contribution in [0.3, 0.4) is 0 Å². The number of ether oxygens (including phenoxy) is 2. The lowest BCUT2D eigenvalue weighted by molar-refractivity contribution is 0.0553. The van der Waals surface area contributed by atoms with Gasteiger partial charge >= 0.3 is 0 Å². The van der Waals surface area contributed by atoms with E-state index in [9.17, 15) is 9.90 Å². The number of aliphatic hydroxyl groups is 1. The van der Waals surface area contributed by atoms with Crippen LogP contribution in [0.2, 0.25) is 0 Å². The van der Waals surface area contributed by atoms with Gasteiger partial charge in [-0.2, -0.15) is 0 Å². The van der Waals surface area contributed by atoms with Crippen molar-refractivity contribution in [3.8, 4) is 23.0 Å². The quantitative estimate of drug-likeness (QED) is 0.742. The molecule has 22 heavy (non-hydrogen) atoms. The molecule has 116 valence electrons. The summed E-state index contributed by atoms with van der Waals surface area (Å²) in [6, 6.07) is 11.4. The number of fused-ring (bicyclic) bond motifs is 1. The number of carbonyl (C=O) groups excluding carboxylic acids is 1. The van der Waals surface area contributed by atoms with Crippen molar-refractivity contribution in [1.29, 1.82) is 0 Å². The Morgan fingerprint density at radius 1 is 1.09 bits per heavy atom. The molecule has 1 aliphatic rings. The molecule has 0 saturated heterocycles. The summed E-state index contributed by atoms with van der Waals surface area (Å²) in [5.41, 5.74) is 0.0706. The SMILES string of the molecule is COc1ccccc1O.O=C1c2c(O)cccc2OCC1O. The summed E-state index contributed by atoms with van der Waals surface area (Å²) in [4.78, 5) is 11.3. The van der Waals surface area contributed by atoms with E-state index in [1.165, 1.54) is 13.2 Å². The fraction of sp³-hybridized carbons (Fsp3) is 0.188. The fourth-order valence-electron chi connectivity index (χ4n) is 1.93. The van der Waals surface area contributed by atoms with E-state index in [1.54, 1.807) is 36.4 Å². The van der Waals surface area contributed by atoms with Crippen LogP contribution in [0.5, 0.6) is 23.0 Å². The van der Waals surface area contributed by atoms with Crippen molar-refractivity contribution in [2.24, 2.45) is 0 Å². The number of hydrogen-bond acceptors (Lipinski definition) is 6. The molecule has 0 bridgehead atoms. The van der Waals surface area contributed by atoms with Crippen molar-refractivity contribution in [3.05, 3.63) is 48.0 Å². The third kappa shape index (κ3) is 3.29. The first-order valence-corrected chi connectivity index (χ1v) is 6.53. The predicted octanol–water partition coefficient (Wildman–Crippen LogP) is 1.73. The molecule has 6 nitrogen and oxygen atoms in total. The molecule has 3 N–H and O–H groups in total. The summed E-state index contributed by atoms with van der Waals surface area (Å²) >= 11 is 0. The normalized spacial score (nSPS) is 15.9. The molecular formula is C16H16O6. The Labute approximate surface area is 127 Å². The Balaban J connectivity index is 0.000000172. The molecule has 1 atom stereocenters. The largest absolute Gasteiger partial charge is 0.507 e. The zero-order valence-corrected chi connectivity index (χ0v) is 11.9. The lowest BCUT2D eigenvalue weighted by Crippen LogP contribution is -2.32. The molecule has 0 aliphatic carbocycles. The van der Waals surface area contributed by atoms with E-state index < -0.39 is 11.9 Å². The number of aromatic hydroxyl groups is 2. The minimum absolute atomic E-state index is 0.0463. The van der Waals surface area contributed by atoms with Crippen LogP contribution in [-0.4, -0.2) is 40.9 Å². The van der Waals surface area contributed by atoms with Crippen LogP contribution < -0.4 is 9.47 Å². The third-order valence-corrected chi connectivity index (χ3v) is 3.04. The van der Waals surface area contributed by atoms with Gasteiger partial charge in [-0.1, -0.05) is 18.2 Å². The molecule has 1 aliphatic heterocycles. The van der Waals surface area contributed by atoms with Crippen molar-refractivity contribution in [1.82, 2.24) is 0 Å². The second-order valence-electron chi connectivity index (χ2n) is 4.51. The highest BCUT2D eigenvalue weighted by atomic mass is 16.5. The number of ketones is 1. The van der Waals surface area contributed by atoms with Gasteiger partial charge in [-0.15, -0.1) is 0 Å². The first-order valence-electron chi connectivity index (χ1n) is 6.53. The summed E-state index contributed by atoms with van der Waals surface area (Å²) in [7, 11) is 1.52. The van der Waals surface area contributed by atoms with Crippen molar-refractivity contribution >= 4 is 5.78 Å². The van der Waals surface area contributed by atoms with Gasteiger partial charge in [0.15, 0.2) is 17.6 Å². The molecule has 0 radical (unpaired) electrons. The summed E-state index contributed by atoms with van der Waals surface area (Å²) < 4.78 is 9.85. The molecule has 3 rings (SSSR count). The highest BCUT2D eigenvalue weighted by Gasteiger charge is 2.29. The van der Waals surface area contributed by atoms with Crippen molar-refractivity contribution in [2.45, 2.75) is 6.10 Å². The maximum atomic E-state index is 11.3. The van der Waals surface area contributed by atoms with Gasteiger partial charge in [0.05, 0.1) is 7.11 Å². The number of Topliss-reactive ketones (excluding diaryl/α,β-unsaturated/α-hetero) is 1. The van der Waals surface area contributed by atoms with Crippen molar-refractivity contribution in [3.63, 3.8) is 0 Å². The topological polar surface area (TPSA) is 96.2 Å². The van der Waals surface area contributed by atoms with Gasteiger partial charge in [0, 0.05) is 0 Å². The smallest absolute Gasteiger partial charge is 0.202 e. The monoisotopic (exact) mass is 304 g/mol. The van der Waals surface area contributed by atoms with E-state index in [1.807, 2.05) is 0 Å². The van der Waals surface area contributed by atoms with Crippen molar-refractivity contribution in [2.75, 3.05) is 13.7 Å². The molecule has 1 unspecified atom stereocenters. The van der Waals surface area contributed by atoms with Gasteiger partial charge in [0.25, 0.3) is 0 Å². The molecule has 0 saturated carbocycles. The Kier molecular flexibility index (Phi) is 4.85. The van der Waals surface area contributed by atoms with E-state index in [4.69, 9.17) is 19.7 Å². The van der Waals surface area contributed by atoms with Crippen LogP contribution >= 0.6 is 0 Å². The van der Waals surface area contributed by atoms with E-state index >= 15 is 0 Å². The number of phenols is 2. The van der Waals surface area contributed by atoms with Gasteiger partial charge in [-0.3, -0.25) is 4.79 Å². The molecule has 1 heterocycles. The highest BCUT2D eigenvalue weighted by Crippen LogP contribution is 2.31. The summed E-state index contributed by atoms with van der Waals surface area (Å²) in [6.07, 6.45) is -1.17. The first-order chi connectivity index (χ1) is 10.5. The summed E-state index contributed by atoms with van der Waals surface area (Å²) in [6.45, 7) is -0.0463. The number of carbonyl (C=O) groups is 1. The number of benzene rings is 2. The summed E-state index contributed by atoms with van der Waals surface area (Å²) in [5, 5.41) is 27.5. The molecule has 0 amide bonds. The molecule has 0 aromatic heterocycles. The van der Waals surface area contributed by atoms with Crippen LogP contribution in [0.15, 0.2) is 42.5 Å². The number of hydrogen-bond donors (Lipinski definition) is 3. The molecule has 0 spiro atoms.